The predicted molar refractivity (Wildman–Crippen MR) is 99.9 cm³/mol. The molecule has 0 bridgehead atoms. The van der Waals surface area contributed by atoms with E-state index in [1.807, 2.05) is 0 Å². The number of aromatic hydroxyl groups is 1. The van der Waals surface area contributed by atoms with Gasteiger partial charge in [-0.3, -0.25) is 14.5 Å². The molecule has 2 N–H and O–H groups in total. The van der Waals surface area contributed by atoms with Gasteiger partial charge in [-0.25, -0.2) is 0 Å². The molecule has 0 atom stereocenters. The number of thioether (sulfide) groups is 1. The molecule has 0 unspecified atom stereocenters. The maximum absolute atomic E-state index is 12.4. The third-order valence-corrected chi connectivity index (χ3v) is 4.81. The first kappa shape index (κ1) is 17.2. The molecular weight excluding hydrogens is 360 g/mol. The third kappa shape index (κ3) is 4.09. The van der Waals surface area contributed by atoms with Crippen molar-refractivity contribution in [3.05, 3.63) is 53.3 Å². The number of rotatable bonds is 5. The zero-order chi connectivity index (χ0) is 17.8. The van der Waals surface area contributed by atoms with Crippen molar-refractivity contribution in [3.63, 3.8) is 0 Å². The lowest BCUT2D eigenvalue weighted by Gasteiger charge is -2.14. The topological polar surface area (TPSA) is 82.8 Å². The van der Waals surface area contributed by atoms with Gasteiger partial charge in [-0.15, -0.1) is 0 Å². The van der Waals surface area contributed by atoms with E-state index in [0.29, 0.717) is 20.7 Å². The Morgan fingerprint density at radius 2 is 2.12 bits per heavy atom. The van der Waals surface area contributed by atoms with Crippen LogP contribution in [0.4, 0.5) is 5.69 Å². The first-order valence-electron chi connectivity index (χ1n) is 7.41. The minimum Gasteiger partial charge on any atom is -0.506 e. The van der Waals surface area contributed by atoms with E-state index >= 15 is 0 Å². The van der Waals surface area contributed by atoms with Crippen LogP contribution in [-0.2, 0) is 9.59 Å². The van der Waals surface area contributed by atoms with E-state index in [4.69, 9.17) is 16.6 Å². The Kier molecular flexibility index (Phi) is 5.20. The van der Waals surface area contributed by atoms with Crippen LogP contribution in [0, 0.1) is 0 Å². The van der Waals surface area contributed by atoms with Crippen LogP contribution >= 0.6 is 24.0 Å². The molecule has 25 heavy (non-hydrogen) atoms. The number of hydrogen-bond acceptors (Lipinski definition) is 6. The fourth-order valence-electron chi connectivity index (χ4n) is 2.20. The Bertz CT molecular complexity index is 846. The molecule has 1 aliphatic rings. The number of phenols is 1. The molecule has 0 radical (unpaired) electrons. The van der Waals surface area contributed by atoms with Crippen molar-refractivity contribution in [1.82, 2.24) is 4.90 Å². The SMILES string of the molecule is O=C(CCN1C(=O)C(=Cc2ccco2)SC1=S)Nc1ccccc1O. The van der Waals surface area contributed by atoms with Gasteiger partial charge < -0.3 is 14.8 Å². The highest BCUT2D eigenvalue weighted by Gasteiger charge is 2.32. The summed E-state index contributed by atoms with van der Waals surface area (Å²) in [7, 11) is 0. The lowest BCUT2D eigenvalue weighted by molar-refractivity contribution is -0.122. The number of thiocarbonyl (C=S) groups is 1. The first-order valence-corrected chi connectivity index (χ1v) is 8.64. The van der Waals surface area contributed by atoms with Crippen LogP contribution in [0.5, 0.6) is 5.75 Å². The van der Waals surface area contributed by atoms with Crippen molar-refractivity contribution in [3.8, 4) is 5.75 Å². The van der Waals surface area contributed by atoms with Crippen molar-refractivity contribution in [2.45, 2.75) is 6.42 Å². The van der Waals surface area contributed by atoms with Crippen LogP contribution in [0.25, 0.3) is 6.08 Å². The molecule has 2 heterocycles. The molecular formula is C17H14N2O4S2. The van der Waals surface area contributed by atoms with Crippen LogP contribution in [0.1, 0.15) is 12.2 Å². The summed E-state index contributed by atoms with van der Waals surface area (Å²) in [5.74, 6) is -0.00652. The summed E-state index contributed by atoms with van der Waals surface area (Å²) in [6, 6.07) is 9.92. The lowest BCUT2D eigenvalue weighted by Crippen LogP contribution is -2.31. The van der Waals surface area contributed by atoms with Gasteiger partial charge in [-0.05, 0) is 24.3 Å². The van der Waals surface area contributed by atoms with Crippen molar-refractivity contribution >= 4 is 51.9 Å². The van der Waals surface area contributed by atoms with Crippen molar-refractivity contribution in [1.29, 1.82) is 0 Å². The fraction of sp³-hybridized carbons (Fsp3) is 0.118. The predicted octanol–water partition coefficient (Wildman–Crippen LogP) is 3.22. The maximum Gasteiger partial charge on any atom is 0.266 e. The molecule has 2 amide bonds. The highest BCUT2D eigenvalue weighted by molar-refractivity contribution is 8.26. The Morgan fingerprint density at radius 1 is 1.32 bits per heavy atom. The van der Waals surface area contributed by atoms with Crippen molar-refractivity contribution in [2.24, 2.45) is 0 Å². The Morgan fingerprint density at radius 3 is 2.84 bits per heavy atom. The molecule has 0 spiro atoms. The number of amides is 2. The summed E-state index contributed by atoms with van der Waals surface area (Å²) in [5, 5.41) is 12.3. The second-order valence-corrected chi connectivity index (χ2v) is 6.84. The molecule has 0 saturated carbocycles. The number of hydrogen-bond donors (Lipinski definition) is 2. The summed E-state index contributed by atoms with van der Waals surface area (Å²) in [6.45, 7) is 0.166. The standard InChI is InChI=1S/C17H14N2O4S2/c20-13-6-2-1-5-12(13)18-15(21)7-8-19-16(22)14(25-17(19)24)10-11-4-3-9-23-11/h1-6,9-10,20H,7-8H2,(H,18,21). The number of para-hydroxylation sites is 2. The highest BCUT2D eigenvalue weighted by atomic mass is 32.2. The van der Waals surface area contributed by atoms with Gasteiger partial charge in [0.2, 0.25) is 5.91 Å². The van der Waals surface area contributed by atoms with Gasteiger partial charge >= 0.3 is 0 Å². The van der Waals surface area contributed by atoms with Gasteiger partial charge in [0.05, 0.1) is 16.9 Å². The smallest absolute Gasteiger partial charge is 0.266 e. The Hall–Kier alpha value is -2.58. The lowest BCUT2D eigenvalue weighted by atomic mass is 10.2. The monoisotopic (exact) mass is 374 g/mol. The average Bonchev–Trinajstić information content (AvgIpc) is 3.18. The zero-order valence-corrected chi connectivity index (χ0v) is 14.6. The molecule has 1 fully saturated rings. The van der Waals surface area contributed by atoms with Crippen LogP contribution in [-0.4, -0.2) is 32.7 Å². The van der Waals surface area contributed by atoms with Crippen LogP contribution in [0.2, 0.25) is 0 Å². The van der Waals surface area contributed by atoms with E-state index in [1.165, 1.54) is 29.0 Å². The molecule has 0 aliphatic carbocycles. The van der Waals surface area contributed by atoms with Crippen LogP contribution < -0.4 is 5.32 Å². The largest absolute Gasteiger partial charge is 0.506 e. The van der Waals surface area contributed by atoms with E-state index in [0.717, 1.165) is 0 Å². The van der Waals surface area contributed by atoms with E-state index in [2.05, 4.69) is 5.32 Å². The third-order valence-electron chi connectivity index (χ3n) is 3.43. The molecule has 1 aliphatic heterocycles. The molecule has 128 valence electrons. The summed E-state index contributed by atoms with van der Waals surface area (Å²) in [4.78, 5) is 26.3. The van der Waals surface area contributed by atoms with Gasteiger partial charge in [0, 0.05) is 19.0 Å². The minimum absolute atomic E-state index is 0.0113. The van der Waals surface area contributed by atoms with E-state index < -0.39 is 0 Å². The van der Waals surface area contributed by atoms with Gasteiger partial charge in [0.15, 0.2) is 0 Å². The number of anilines is 1. The Balaban J connectivity index is 1.59. The molecule has 8 heteroatoms. The first-order chi connectivity index (χ1) is 12.0. The average molecular weight is 374 g/mol. The van der Waals surface area contributed by atoms with E-state index in [1.54, 1.807) is 36.4 Å². The van der Waals surface area contributed by atoms with Crippen LogP contribution in [0.15, 0.2) is 52.0 Å². The van der Waals surface area contributed by atoms with Crippen LogP contribution in [0.3, 0.4) is 0 Å². The van der Waals surface area contributed by atoms with Crippen molar-refractivity contribution in [2.75, 3.05) is 11.9 Å². The molecule has 1 aromatic carbocycles. The number of nitrogens with one attached hydrogen (secondary N) is 1. The molecule has 6 nitrogen and oxygen atoms in total. The summed E-state index contributed by atoms with van der Waals surface area (Å²) >= 11 is 6.39. The number of nitrogens with zero attached hydrogens (tertiary/aromatic N) is 1. The number of benzene rings is 1. The van der Waals surface area contributed by atoms with E-state index in [-0.39, 0.29) is 30.5 Å². The van der Waals surface area contributed by atoms with Gasteiger partial charge in [0.1, 0.15) is 15.8 Å². The molecule has 3 rings (SSSR count). The van der Waals surface area contributed by atoms with Gasteiger partial charge in [-0.1, -0.05) is 36.1 Å². The van der Waals surface area contributed by atoms with E-state index in [9.17, 15) is 14.7 Å². The van der Waals surface area contributed by atoms with Gasteiger partial charge in [0.25, 0.3) is 5.91 Å². The number of carbonyl (C=O) groups is 2. The quantitative estimate of drug-likeness (QED) is 0.475. The molecule has 2 aromatic rings. The normalized spacial score (nSPS) is 15.8. The molecule has 1 saturated heterocycles. The number of phenolic OH excluding ortho intramolecular Hbond substituents is 1. The minimum atomic E-state index is -0.314. The highest BCUT2D eigenvalue weighted by Crippen LogP contribution is 2.32. The zero-order valence-electron chi connectivity index (χ0n) is 13.0. The summed E-state index contributed by atoms with van der Waals surface area (Å²) < 4.78 is 5.60. The number of furan rings is 1. The second-order valence-electron chi connectivity index (χ2n) is 5.16. The van der Waals surface area contributed by atoms with Crippen molar-refractivity contribution < 1.29 is 19.1 Å². The summed E-state index contributed by atoms with van der Waals surface area (Å²) in [5.41, 5.74) is 0.329. The second kappa shape index (κ2) is 7.54. The summed E-state index contributed by atoms with van der Waals surface area (Å²) in [6.07, 6.45) is 3.21. The fourth-order valence-corrected chi connectivity index (χ4v) is 3.49. The maximum atomic E-state index is 12.4. The Labute approximate surface area is 153 Å². The number of carbonyl (C=O) groups excluding carboxylic acids is 2. The molecule has 1 aromatic heterocycles. The van der Waals surface area contributed by atoms with Gasteiger partial charge in [-0.2, -0.15) is 0 Å².